The average molecular weight is 278 g/mol. The molecule has 0 saturated heterocycles. The molecule has 0 fully saturated rings. The van der Waals surface area contributed by atoms with Gasteiger partial charge in [-0.2, -0.15) is 0 Å². The van der Waals surface area contributed by atoms with Crippen molar-refractivity contribution in [2.75, 3.05) is 6.61 Å². The number of benzene rings is 1. The zero-order valence-corrected chi connectivity index (χ0v) is 11.1. The third kappa shape index (κ3) is 3.44. The van der Waals surface area contributed by atoms with Crippen molar-refractivity contribution in [2.24, 2.45) is 0 Å². The van der Waals surface area contributed by atoms with Crippen molar-refractivity contribution >= 4 is 22.7 Å². The van der Waals surface area contributed by atoms with Gasteiger partial charge in [-0.1, -0.05) is 12.1 Å². The van der Waals surface area contributed by atoms with Gasteiger partial charge in [-0.05, 0) is 19.1 Å². The van der Waals surface area contributed by atoms with Crippen LogP contribution >= 0.6 is 0 Å². The van der Waals surface area contributed by atoms with Crippen LogP contribution in [0.25, 0.3) is 11.0 Å². The fraction of sp³-hybridized carbons (Fsp3) is 0.333. The van der Waals surface area contributed by atoms with Crippen LogP contribution in [0.3, 0.4) is 0 Å². The maximum Gasteiger partial charge on any atom is 0.306 e. The van der Waals surface area contributed by atoms with E-state index >= 15 is 0 Å². The van der Waals surface area contributed by atoms with Gasteiger partial charge in [0.15, 0.2) is 11.4 Å². The number of ether oxygens (including phenoxy) is 1. The molecule has 106 valence electrons. The van der Waals surface area contributed by atoms with Gasteiger partial charge in [-0.15, -0.1) is 0 Å². The number of fused-ring (bicyclic) bond motifs is 1. The molecule has 0 N–H and O–H groups in total. The molecular formula is C15H15FO4. The van der Waals surface area contributed by atoms with E-state index in [2.05, 4.69) is 0 Å². The van der Waals surface area contributed by atoms with Crippen LogP contribution in [0.1, 0.15) is 25.5 Å². The lowest BCUT2D eigenvalue weighted by molar-refractivity contribution is -0.144. The van der Waals surface area contributed by atoms with Crippen LogP contribution in [0, 0.1) is 5.82 Å². The third-order valence-electron chi connectivity index (χ3n) is 2.83. The largest absolute Gasteiger partial charge is 0.466 e. The van der Waals surface area contributed by atoms with Crippen LogP contribution < -0.4 is 0 Å². The number of para-hydroxylation sites is 1. The van der Waals surface area contributed by atoms with Gasteiger partial charge in [0, 0.05) is 11.8 Å². The van der Waals surface area contributed by atoms with E-state index in [0.717, 1.165) is 0 Å². The summed E-state index contributed by atoms with van der Waals surface area (Å²) in [4.78, 5) is 22.9. The molecule has 1 aromatic carbocycles. The summed E-state index contributed by atoms with van der Waals surface area (Å²) in [5.74, 6) is -0.583. The molecule has 0 unspecified atom stereocenters. The molecule has 20 heavy (non-hydrogen) atoms. The summed E-state index contributed by atoms with van der Waals surface area (Å²) in [6.07, 6.45) is 0.202. The Bertz CT molecular complexity index is 630. The molecule has 0 amide bonds. The maximum atomic E-state index is 13.4. The molecule has 0 radical (unpaired) electrons. The highest BCUT2D eigenvalue weighted by Gasteiger charge is 2.13. The van der Waals surface area contributed by atoms with Gasteiger partial charge < -0.3 is 9.15 Å². The summed E-state index contributed by atoms with van der Waals surface area (Å²) in [6, 6.07) is 6.24. The Morgan fingerprint density at radius 3 is 2.80 bits per heavy atom. The molecule has 2 rings (SSSR count). The van der Waals surface area contributed by atoms with Crippen molar-refractivity contribution in [3.8, 4) is 0 Å². The van der Waals surface area contributed by atoms with Gasteiger partial charge in [0.1, 0.15) is 11.5 Å². The van der Waals surface area contributed by atoms with Crippen LogP contribution in [-0.4, -0.2) is 18.4 Å². The second kappa shape index (κ2) is 6.32. The first-order valence-corrected chi connectivity index (χ1v) is 6.44. The van der Waals surface area contributed by atoms with Crippen LogP contribution in [0.4, 0.5) is 4.39 Å². The van der Waals surface area contributed by atoms with Crippen LogP contribution in [-0.2, 0) is 20.7 Å². The highest BCUT2D eigenvalue weighted by atomic mass is 19.1. The van der Waals surface area contributed by atoms with Gasteiger partial charge in [0.2, 0.25) is 0 Å². The predicted octanol–water partition coefficient (Wildman–Crippen LogP) is 3.03. The fourth-order valence-corrected chi connectivity index (χ4v) is 1.93. The van der Waals surface area contributed by atoms with E-state index in [4.69, 9.17) is 9.15 Å². The van der Waals surface area contributed by atoms with Gasteiger partial charge in [-0.3, -0.25) is 9.59 Å². The zero-order valence-electron chi connectivity index (χ0n) is 11.1. The molecule has 1 heterocycles. The highest BCUT2D eigenvalue weighted by Crippen LogP contribution is 2.22. The molecule has 4 nitrogen and oxygen atoms in total. The molecule has 0 spiro atoms. The van der Waals surface area contributed by atoms with Crippen LogP contribution in [0.5, 0.6) is 0 Å². The lowest BCUT2D eigenvalue weighted by Crippen LogP contribution is -2.09. The Morgan fingerprint density at radius 1 is 1.30 bits per heavy atom. The zero-order chi connectivity index (χ0) is 14.5. The highest BCUT2D eigenvalue weighted by molar-refractivity contribution is 5.86. The number of esters is 1. The minimum Gasteiger partial charge on any atom is -0.466 e. The van der Waals surface area contributed by atoms with Gasteiger partial charge >= 0.3 is 5.97 Å². The predicted molar refractivity (Wildman–Crippen MR) is 70.8 cm³/mol. The molecular weight excluding hydrogens is 263 g/mol. The number of carbonyl (C=O) groups excluding carboxylic acids is 2. The maximum absolute atomic E-state index is 13.4. The number of halogens is 1. The van der Waals surface area contributed by atoms with E-state index < -0.39 is 11.8 Å². The Balaban J connectivity index is 1.96. The molecule has 1 aromatic heterocycles. The monoisotopic (exact) mass is 278 g/mol. The Labute approximate surface area is 115 Å². The quantitative estimate of drug-likeness (QED) is 0.762. The molecule has 0 bridgehead atoms. The van der Waals surface area contributed by atoms with Crippen molar-refractivity contribution in [3.05, 3.63) is 35.8 Å². The molecule has 0 aliphatic carbocycles. The van der Waals surface area contributed by atoms with Crippen LogP contribution in [0.2, 0.25) is 0 Å². The molecule has 0 aliphatic heterocycles. The number of hydrogen-bond donors (Lipinski definition) is 0. The Morgan fingerprint density at radius 2 is 2.10 bits per heavy atom. The van der Waals surface area contributed by atoms with Crippen LogP contribution in [0.15, 0.2) is 28.7 Å². The Kier molecular flexibility index (Phi) is 4.50. The van der Waals surface area contributed by atoms with Crippen molar-refractivity contribution in [3.63, 3.8) is 0 Å². The summed E-state index contributed by atoms with van der Waals surface area (Å²) < 4.78 is 23.5. The first-order valence-electron chi connectivity index (χ1n) is 6.44. The number of carbonyl (C=O) groups is 2. The topological polar surface area (TPSA) is 56.5 Å². The Hall–Kier alpha value is -2.17. The van der Waals surface area contributed by atoms with E-state index in [1.165, 1.54) is 6.07 Å². The van der Waals surface area contributed by atoms with E-state index in [1.54, 1.807) is 25.1 Å². The van der Waals surface area contributed by atoms with Crippen molar-refractivity contribution < 1.29 is 23.1 Å². The number of Topliss-reactive ketones (excluding diaryl/α,β-unsaturated/α-hetero) is 1. The van der Waals surface area contributed by atoms with Gasteiger partial charge in [-0.25, -0.2) is 4.39 Å². The molecule has 2 aromatic rings. The lowest BCUT2D eigenvalue weighted by atomic mass is 10.1. The van der Waals surface area contributed by atoms with Gasteiger partial charge in [0.25, 0.3) is 0 Å². The van der Waals surface area contributed by atoms with Crippen molar-refractivity contribution in [2.45, 2.75) is 26.2 Å². The lowest BCUT2D eigenvalue weighted by Gasteiger charge is -2.00. The van der Waals surface area contributed by atoms with E-state index in [9.17, 15) is 14.0 Å². The fourth-order valence-electron chi connectivity index (χ4n) is 1.93. The minimum atomic E-state index is -0.451. The second-order valence-corrected chi connectivity index (χ2v) is 4.39. The third-order valence-corrected chi connectivity index (χ3v) is 2.83. The minimum absolute atomic E-state index is 0.0491. The summed E-state index contributed by atoms with van der Waals surface area (Å²) >= 11 is 0. The molecule has 0 aliphatic rings. The number of rotatable bonds is 6. The molecule has 0 atom stereocenters. The number of hydrogen-bond acceptors (Lipinski definition) is 4. The SMILES string of the molecule is CCOC(=O)CCC(=O)Cc1cc2cccc(F)c2o1. The average Bonchev–Trinajstić information content (AvgIpc) is 2.81. The first kappa shape index (κ1) is 14.2. The summed E-state index contributed by atoms with van der Waals surface area (Å²) in [6.45, 7) is 2.01. The van der Waals surface area contributed by atoms with Crippen molar-refractivity contribution in [1.29, 1.82) is 0 Å². The smallest absolute Gasteiger partial charge is 0.306 e. The van der Waals surface area contributed by atoms with Crippen molar-refractivity contribution in [1.82, 2.24) is 0 Å². The summed E-state index contributed by atoms with van der Waals surface area (Å²) in [7, 11) is 0. The van der Waals surface area contributed by atoms with Gasteiger partial charge in [0.05, 0.1) is 19.4 Å². The number of furan rings is 1. The second-order valence-electron chi connectivity index (χ2n) is 4.39. The first-order chi connectivity index (χ1) is 9.60. The summed E-state index contributed by atoms with van der Waals surface area (Å²) in [5.41, 5.74) is 0.153. The van der Waals surface area contributed by atoms with E-state index in [1.807, 2.05) is 0 Å². The summed E-state index contributed by atoms with van der Waals surface area (Å²) in [5, 5.41) is 0.623. The molecule has 0 saturated carbocycles. The number of ketones is 1. The normalized spacial score (nSPS) is 10.7. The van der Waals surface area contributed by atoms with E-state index in [0.29, 0.717) is 17.8 Å². The molecule has 5 heteroatoms. The standard InChI is InChI=1S/C15H15FO4/c1-2-19-14(18)7-6-11(17)9-12-8-10-4-3-5-13(16)15(10)20-12/h3-5,8H,2,6-7,9H2,1H3. The van der Waals surface area contributed by atoms with E-state index in [-0.39, 0.29) is 30.6 Å².